The van der Waals surface area contributed by atoms with Crippen LogP contribution in [0.2, 0.25) is 0 Å². The Kier molecular flexibility index (Phi) is 3.47. The van der Waals surface area contributed by atoms with E-state index in [9.17, 15) is 10.1 Å². The number of hydrogen-bond donors (Lipinski definition) is 2. The third-order valence-corrected chi connectivity index (χ3v) is 1.97. The molecule has 0 aliphatic heterocycles. The SMILES string of the molecule is Cl.Nc1cc(-c2cccc([N+](=O)[O-])c2)[nH]n1. The fourth-order valence-corrected chi connectivity index (χ4v) is 1.27. The Balaban J connectivity index is 0.00000128. The molecule has 0 amide bonds. The van der Waals surface area contributed by atoms with Gasteiger partial charge < -0.3 is 5.73 Å². The zero-order chi connectivity index (χ0) is 10.8. The van der Waals surface area contributed by atoms with E-state index in [1.54, 1.807) is 18.2 Å². The number of benzene rings is 1. The van der Waals surface area contributed by atoms with Crippen LogP contribution in [0.3, 0.4) is 0 Å². The molecule has 0 aliphatic carbocycles. The van der Waals surface area contributed by atoms with Gasteiger partial charge in [-0.05, 0) is 0 Å². The van der Waals surface area contributed by atoms with Crippen LogP contribution < -0.4 is 5.73 Å². The Morgan fingerprint density at radius 1 is 1.38 bits per heavy atom. The summed E-state index contributed by atoms with van der Waals surface area (Å²) in [6.07, 6.45) is 0. The maximum absolute atomic E-state index is 10.5. The summed E-state index contributed by atoms with van der Waals surface area (Å²) >= 11 is 0. The van der Waals surface area contributed by atoms with Gasteiger partial charge in [0.2, 0.25) is 0 Å². The van der Waals surface area contributed by atoms with Gasteiger partial charge in [-0.2, -0.15) is 5.10 Å². The van der Waals surface area contributed by atoms with E-state index in [0.29, 0.717) is 17.1 Å². The average Bonchev–Trinajstić information content (AvgIpc) is 2.65. The fraction of sp³-hybridized carbons (Fsp3) is 0. The molecule has 2 aromatic rings. The number of H-pyrrole nitrogens is 1. The van der Waals surface area contributed by atoms with E-state index in [1.807, 2.05) is 0 Å². The highest BCUT2D eigenvalue weighted by Crippen LogP contribution is 2.22. The lowest BCUT2D eigenvalue weighted by molar-refractivity contribution is -0.384. The largest absolute Gasteiger partial charge is 0.382 e. The summed E-state index contributed by atoms with van der Waals surface area (Å²) in [5, 5.41) is 17.0. The van der Waals surface area contributed by atoms with Crippen LogP contribution in [0.25, 0.3) is 11.3 Å². The highest BCUT2D eigenvalue weighted by molar-refractivity contribution is 5.85. The van der Waals surface area contributed by atoms with Crippen molar-refractivity contribution in [3.05, 3.63) is 40.4 Å². The molecular weight excluding hydrogens is 232 g/mol. The van der Waals surface area contributed by atoms with Crippen molar-refractivity contribution in [2.45, 2.75) is 0 Å². The van der Waals surface area contributed by atoms with Crippen LogP contribution in [0, 0.1) is 10.1 Å². The summed E-state index contributed by atoms with van der Waals surface area (Å²) in [4.78, 5) is 10.1. The monoisotopic (exact) mass is 240 g/mol. The van der Waals surface area contributed by atoms with E-state index in [-0.39, 0.29) is 18.1 Å². The van der Waals surface area contributed by atoms with Gasteiger partial charge >= 0.3 is 0 Å². The first-order valence-corrected chi connectivity index (χ1v) is 4.22. The number of non-ortho nitro benzene ring substituents is 1. The fourth-order valence-electron chi connectivity index (χ4n) is 1.27. The van der Waals surface area contributed by atoms with Crippen molar-refractivity contribution >= 4 is 23.9 Å². The van der Waals surface area contributed by atoms with Gasteiger partial charge in [0, 0.05) is 23.8 Å². The number of nitrogens with one attached hydrogen (secondary N) is 1. The number of halogens is 1. The lowest BCUT2D eigenvalue weighted by Crippen LogP contribution is -1.88. The maximum Gasteiger partial charge on any atom is 0.270 e. The number of nitrogens with zero attached hydrogens (tertiary/aromatic N) is 2. The minimum atomic E-state index is -0.441. The third kappa shape index (κ3) is 2.29. The van der Waals surface area contributed by atoms with Crippen LogP contribution in [-0.2, 0) is 0 Å². The second-order valence-electron chi connectivity index (χ2n) is 3.01. The van der Waals surface area contributed by atoms with E-state index in [1.165, 1.54) is 12.1 Å². The first-order valence-electron chi connectivity index (χ1n) is 4.22. The first-order chi connectivity index (χ1) is 7.16. The zero-order valence-electron chi connectivity index (χ0n) is 8.08. The van der Waals surface area contributed by atoms with Crippen LogP contribution in [0.15, 0.2) is 30.3 Å². The Labute approximate surface area is 97.0 Å². The standard InChI is InChI=1S/C9H8N4O2.ClH/c10-9-5-8(11-12-9)6-2-1-3-7(4-6)13(14)15;/h1-5H,(H3,10,11,12);1H. The van der Waals surface area contributed by atoms with Crippen molar-refractivity contribution in [2.75, 3.05) is 5.73 Å². The lowest BCUT2D eigenvalue weighted by Gasteiger charge is -1.96. The molecule has 1 heterocycles. The summed E-state index contributed by atoms with van der Waals surface area (Å²) < 4.78 is 0. The topological polar surface area (TPSA) is 97.8 Å². The van der Waals surface area contributed by atoms with E-state index in [2.05, 4.69) is 10.2 Å². The van der Waals surface area contributed by atoms with Crippen LogP contribution in [0.5, 0.6) is 0 Å². The molecule has 0 saturated carbocycles. The van der Waals surface area contributed by atoms with Crippen molar-refractivity contribution in [1.29, 1.82) is 0 Å². The van der Waals surface area contributed by atoms with Crippen molar-refractivity contribution < 1.29 is 4.92 Å². The number of nitro groups is 1. The third-order valence-electron chi connectivity index (χ3n) is 1.97. The predicted molar refractivity (Wildman–Crippen MR) is 62.3 cm³/mol. The van der Waals surface area contributed by atoms with Crippen LogP contribution in [-0.4, -0.2) is 15.1 Å². The molecule has 16 heavy (non-hydrogen) atoms. The van der Waals surface area contributed by atoms with Crippen LogP contribution >= 0.6 is 12.4 Å². The molecule has 0 bridgehead atoms. The molecule has 0 fully saturated rings. The summed E-state index contributed by atoms with van der Waals surface area (Å²) in [6.45, 7) is 0. The molecule has 2 rings (SSSR count). The van der Waals surface area contributed by atoms with Crippen LogP contribution in [0.4, 0.5) is 11.5 Å². The Morgan fingerprint density at radius 2 is 2.12 bits per heavy atom. The van der Waals surface area contributed by atoms with E-state index < -0.39 is 4.92 Å². The normalized spacial score (nSPS) is 9.50. The molecular formula is C9H9ClN4O2. The van der Waals surface area contributed by atoms with Crippen molar-refractivity contribution in [2.24, 2.45) is 0 Å². The molecule has 7 heteroatoms. The number of aromatic nitrogens is 2. The quantitative estimate of drug-likeness (QED) is 0.619. The number of nitrogen functional groups attached to an aromatic ring is 1. The maximum atomic E-state index is 10.5. The number of hydrogen-bond acceptors (Lipinski definition) is 4. The molecule has 0 spiro atoms. The van der Waals surface area contributed by atoms with Gasteiger partial charge in [0.05, 0.1) is 10.6 Å². The molecule has 0 unspecified atom stereocenters. The smallest absolute Gasteiger partial charge is 0.270 e. The molecule has 0 saturated heterocycles. The molecule has 3 N–H and O–H groups in total. The van der Waals surface area contributed by atoms with Gasteiger partial charge in [0.25, 0.3) is 5.69 Å². The van der Waals surface area contributed by atoms with E-state index in [0.717, 1.165) is 0 Å². The number of rotatable bonds is 2. The molecule has 1 aromatic carbocycles. The molecule has 6 nitrogen and oxygen atoms in total. The van der Waals surface area contributed by atoms with Gasteiger partial charge in [-0.1, -0.05) is 12.1 Å². The number of anilines is 1. The average molecular weight is 241 g/mol. The minimum Gasteiger partial charge on any atom is -0.382 e. The minimum absolute atomic E-state index is 0. The van der Waals surface area contributed by atoms with Crippen molar-refractivity contribution in [3.63, 3.8) is 0 Å². The second-order valence-corrected chi connectivity index (χ2v) is 3.01. The predicted octanol–water partition coefficient (Wildman–Crippen LogP) is 1.99. The Morgan fingerprint density at radius 3 is 2.69 bits per heavy atom. The Hall–Kier alpha value is -2.08. The van der Waals surface area contributed by atoms with Gasteiger partial charge in [-0.3, -0.25) is 15.2 Å². The lowest BCUT2D eigenvalue weighted by atomic mass is 10.1. The highest BCUT2D eigenvalue weighted by atomic mass is 35.5. The summed E-state index contributed by atoms with van der Waals surface area (Å²) in [5.41, 5.74) is 6.83. The molecule has 0 aliphatic rings. The van der Waals surface area contributed by atoms with Gasteiger partial charge in [-0.15, -0.1) is 12.4 Å². The summed E-state index contributed by atoms with van der Waals surface area (Å²) in [5.74, 6) is 0.358. The summed E-state index contributed by atoms with van der Waals surface area (Å²) in [6, 6.07) is 7.89. The van der Waals surface area contributed by atoms with E-state index in [4.69, 9.17) is 5.73 Å². The van der Waals surface area contributed by atoms with Gasteiger partial charge in [0.1, 0.15) is 5.82 Å². The number of nitro benzene ring substituents is 1. The van der Waals surface area contributed by atoms with Crippen LogP contribution in [0.1, 0.15) is 0 Å². The molecule has 0 atom stereocenters. The number of nitrogens with two attached hydrogens (primary N) is 1. The zero-order valence-corrected chi connectivity index (χ0v) is 8.90. The van der Waals surface area contributed by atoms with Gasteiger partial charge in [-0.25, -0.2) is 0 Å². The number of aromatic amines is 1. The van der Waals surface area contributed by atoms with Crippen molar-refractivity contribution in [1.82, 2.24) is 10.2 Å². The molecule has 0 radical (unpaired) electrons. The first kappa shape index (κ1) is 12.0. The van der Waals surface area contributed by atoms with Crippen molar-refractivity contribution in [3.8, 4) is 11.3 Å². The van der Waals surface area contributed by atoms with E-state index >= 15 is 0 Å². The Bertz CT molecular complexity index is 512. The van der Waals surface area contributed by atoms with Gasteiger partial charge in [0.15, 0.2) is 0 Å². The summed E-state index contributed by atoms with van der Waals surface area (Å²) in [7, 11) is 0. The second kappa shape index (κ2) is 4.63. The highest BCUT2D eigenvalue weighted by Gasteiger charge is 2.08. The molecule has 1 aromatic heterocycles. The molecule has 84 valence electrons.